The molecule has 1 N–H and O–H groups in total. The van der Waals surface area contributed by atoms with Gasteiger partial charge in [0.1, 0.15) is 17.7 Å². The number of likely N-dealkylation sites (tertiary alicyclic amines) is 1. The molecule has 11 nitrogen and oxygen atoms in total. The quantitative estimate of drug-likeness (QED) is 0.344. The standard InChI is InChI=1S/C28H26N4O7S2/c1-17-19-8-2-3-9-23(19)38-27(17)39-28(35)30-20(15-18-7-6-14-40-18)26(34)31-13-11-21-25(31)22(33)16-32(21)41(36,37)24-10-4-5-12-29-24/h2-10,12,14,20-21,25H,11,13,15-16H2,1H3,(H,30,35). The number of furan rings is 1. The highest BCUT2D eigenvalue weighted by Gasteiger charge is 2.54. The fourth-order valence-electron chi connectivity index (χ4n) is 5.50. The molecule has 1 aromatic carbocycles. The van der Waals surface area contributed by atoms with Gasteiger partial charge in [-0.15, -0.1) is 11.3 Å². The molecule has 2 aliphatic rings. The van der Waals surface area contributed by atoms with Crippen LogP contribution < -0.4 is 10.1 Å². The van der Waals surface area contributed by atoms with E-state index in [1.807, 2.05) is 29.6 Å². The van der Waals surface area contributed by atoms with Gasteiger partial charge in [0, 0.05) is 35.0 Å². The summed E-state index contributed by atoms with van der Waals surface area (Å²) in [6.45, 7) is 1.58. The van der Waals surface area contributed by atoms with Gasteiger partial charge in [-0.05, 0) is 43.0 Å². The molecule has 6 rings (SSSR count). The van der Waals surface area contributed by atoms with Crippen molar-refractivity contribution in [2.24, 2.45) is 0 Å². The molecular formula is C28H26N4O7S2. The average molecular weight is 595 g/mol. The third kappa shape index (κ3) is 5.00. The molecule has 3 aromatic heterocycles. The third-order valence-electron chi connectivity index (χ3n) is 7.43. The van der Waals surface area contributed by atoms with Gasteiger partial charge in [0.2, 0.25) is 5.91 Å². The lowest BCUT2D eigenvalue weighted by molar-refractivity contribution is -0.138. The van der Waals surface area contributed by atoms with Gasteiger partial charge in [0.05, 0.1) is 12.6 Å². The van der Waals surface area contributed by atoms with Crippen molar-refractivity contribution in [3.8, 4) is 5.95 Å². The number of nitrogens with one attached hydrogen (secondary N) is 1. The minimum atomic E-state index is -4.04. The summed E-state index contributed by atoms with van der Waals surface area (Å²) >= 11 is 1.43. The summed E-state index contributed by atoms with van der Waals surface area (Å²) in [7, 11) is -4.04. The van der Waals surface area contributed by atoms with E-state index in [1.54, 1.807) is 31.2 Å². The zero-order chi connectivity index (χ0) is 28.7. The Hall–Kier alpha value is -4.07. The first-order chi connectivity index (χ1) is 19.7. The number of para-hydroxylation sites is 1. The maximum atomic E-state index is 13.9. The van der Waals surface area contributed by atoms with E-state index in [4.69, 9.17) is 9.15 Å². The van der Waals surface area contributed by atoms with Crippen LogP contribution in [0.1, 0.15) is 16.9 Å². The lowest BCUT2D eigenvalue weighted by Crippen LogP contribution is -2.53. The largest absolute Gasteiger partial charge is 0.425 e. The summed E-state index contributed by atoms with van der Waals surface area (Å²) in [5.74, 6) is -0.848. The van der Waals surface area contributed by atoms with E-state index in [0.717, 1.165) is 14.6 Å². The number of aryl methyl sites for hydroxylation is 1. The minimum Gasteiger partial charge on any atom is -0.425 e. The van der Waals surface area contributed by atoms with E-state index in [0.29, 0.717) is 11.1 Å². The topological polar surface area (TPSA) is 139 Å². The van der Waals surface area contributed by atoms with Crippen molar-refractivity contribution in [3.63, 3.8) is 0 Å². The normalized spacial score (nSPS) is 19.8. The first kappa shape index (κ1) is 27.1. The zero-order valence-corrected chi connectivity index (χ0v) is 23.6. The van der Waals surface area contributed by atoms with Crippen LogP contribution in [0, 0.1) is 6.92 Å². The van der Waals surface area contributed by atoms with Crippen molar-refractivity contribution in [2.45, 2.75) is 42.9 Å². The Balaban J connectivity index is 1.22. The van der Waals surface area contributed by atoms with E-state index in [-0.39, 0.29) is 42.7 Å². The number of carbonyl (C=O) groups is 3. The first-order valence-corrected chi connectivity index (χ1v) is 15.3. The number of ketones is 1. The molecule has 0 bridgehead atoms. The molecule has 212 valence electrons. The molecule has 41 heavy (non-hydrogen) atoms. The molecule has 0 saturated carbocycles. The molecule has 2 fully saturated rings. The van der Waals surface area contributed by atoms with Crippen LogP contribution >= 0.6 is 11.3 Å². The summed E-state index contributed by atoms with van der Waals surface area (Å²) in [6.07, 6.45) is 0.944. The van der Waals surface area contributed by atoms with Crippen molar-refractivity contribution in [3.05, 3.63) is 76.6 Å². The van der Waals surface area contributed by atoms with Crippen LogP contribution in [0.3, 0.4) is 0 Å². The lowest BCUT2D eigenvalue weighted by Gasteiger charge is -2.28. The number of rotatable bonds is 7. The summed E-state index contributed by atoms with van der Waals surface area (Å²) < 4.78 is 38.8. The molecular weight excluding hydrogens is 568 g/mol. The number of pyridine rings is 1. The van der Waals surface area contributed by atoms with E-state index >= 15 is 0 Å². The number of Topliss-reactive ketones (excluding diaryl/α,β-unsaturated/α-hetero) is 1. The van der Waals surface area contributed by atoms with Crippen molar-refractivity contribution >= 4 is 50.1 Å². The van der Waals surface area contributed by atoms with Crippen LogP contribution in [0.15, 0.2) is 75.6 Å². The fourth-order valence-corrected chi connectivity index (χ4v) is 7.81. The Labute approximate surface area is 239 Å². The highest BCUT2D eigenvalue weighted by molar-refractivity contribution is 7.89. The van der Waals surface area contributed by atoms with Crippen molar-refractivity contribution in [2.75, 3.05) is 13.1 Å². The predicted octanol–water partition coefficient (Wildman–Crippen LogP) is 3.14. The number of hydrogen-bond acceptors (Lipinski definition) is 9. The van der Waals surface area contributed by atoms with Crippen LogP contribution in [0.5, 0.6) is 5.95 Å². The summed E-state index contributed by atoms with van der Waals surface area (Å²) in [4.78, 5) is 46.2. The number of carbonyl (C=O) groups excluding carboxylic acids is 3. The van der Waals surface area contributed by atoms with Crippen LogP contribution in [0.2, 0.25) is 0 Å². The Bertz CT molecular complexity index is 1720. The Morgan fingerprint density at radius 1 is 1.17 bits per heavy atom. The number of ether oxygens (including phenoxy) is 1. The second-order valence-electron chi connectivity index (χ2n) is 9.90. The van der Waals surface area contributed by atoms with Crippen molar-refractivity contribution < 1.29 is 32.0 Å². The molecule has 13 heteroatoms. The van der Waals surface area contributed by atoms with E-state index < -0.39 is 40.1 Å². The van der Waals surface area contributed by atoms with Crippen molar-refractivity contribution in [1.82, 2.24) is 19.5 Å². The van der Waals surface area contributed by atoms with Gasteiger partial charge in [-0.25, -0.2) is 18.2 Å². The van der Waals surface area contributed by atoms with Gasteiger partial charge in [-0.3, -0.25) is 9.59 Å². The SMILES string of the molecule is Cc1c(OC(=O)NC(Cc2cccs2)C(=O)N2CCC3C2C(=O)CN3S(=O)(=O)c2ccccn2)oc2ccccc12. The molecule has 5 heterocycles. The van der Waals surface area contributed by atoms with Gasteiger partial charge in [-0.2, -0.15) is 4.31 Å². The second kappa shape index (κ2) is 10.7. The molecule has 2 amide bonds. The maximum Gasteiger partial charge on any atom is 0.415 e. The molecule has 0 radical (unpaired) electrons. The van der Waals surface area contributed by atoms with Crippen molar-refractivity contribution in [1.29, 1.82) is 0 Å². The smallest absolute Gasteiger partial charge is 0.415 e. The Morgan fingerprint density at radius 3 is 2.71 bits per heavy atom. The molecule has 3 atom stereocenters. The highest BCUT2D eigenvalue weighted by atomic mass is 32.2. The monoisotopic (exact) mass is 594 g/mol. The Kier molecular flexibility index (Phi) is 7.09. The van der Waals surface area contributed by atoms with E-state index in [2.05, 4.69) is 10.3 Å². The molecule has 0 spiro atoms. The number of aromatic nitrogens is 1. The Morgan fingerprint density at radius 2 is 1.98 bits per heavy atom. The van der Waals surface area contributed by atoms with E-state index in [1.165, 1.54) is 28.5 Å². The number of sulfonamides is 1. The van der Waals surface area contributed by atoms with Gasteiger partial charge >= 0.3 is 6.09 Å². The van der Waals surface area contributed by atoms with Gasteiger partial charge in [0.15, 0.2) is 10.8 Å². The highest BCUT2D eigenvalue weighted by Crippen LogP contribution is 2.34. The molecule has 4 aromatic rings. The van der Waals surface area contributed by atoms with Gasteiger partial charge in [0.25, 0.3) is 16.0 Å². The fraction of sp³-hybridized carbons (Fsp3) is 0.286. The molecule has 0 aliphatic carbocycles. The second-order valence-corrected chi connectivity index (χ2v) is 12.8. The third-order valence-corrected chi connectivity index (χ3v) is 10.1. The van der Waals surface area contributed by atoms with Crippen LogP contribution in [-0.4, -0.2) is 71.6 Å². The number of thiophene rings is 1. The number of fused-ring (bicyclic) bond motifs is 2. The number of benzene rings is 1. The first-order valence-electron chi connectivity index (χ1n) is 13.0. The predicted molar refractivity (Wildman–Crippen MR) is 149 cm³/mol. The molecule has 3 unspecified atom stereocenters. The lowest BCUT2D eigenvalue weighted by atomic mass is 10.1. The zero-order valence-electron chi connectivity index (χ0n) is 21.9. The molecule has 2 aliphatic heterocycles. The maximum absolute atomic E-state index is 13.9. The number of hydrogen-bond donors (Lipinski definition) is 1. The summed E-state index contributed by atoms with van der Waals surface area (Å²) in [5, 5.41) is 5.16. The average Bonchev–Trinajstić information content (AvgIpc) is 3.76. The number of nitrogens with zero attached hydrogens (tertiary/aromatic N) is 3. The summed E-state index contributed by atoms with van der Waals surface area (Å²) in [6, 6.07) is 12.8. The van der Waals surface area contributed by atoms with Crippen LogP contribution in [-0.2, 0) is 26.0 Å². The number of amides is 2. The van der Waals surface area contributed by atoms with Crippen LogP contribution in [0.25, 0.3) is 11.0 Å². The summed E-state index contributed by atoms with van der Waals surface area (Å²) in [5.41, 5.74) is 1.21. The van der Waals surface area contributed by atoms with Gasteiger partial charge < -0.3 is 19.4 Å². The van der Waals surface area contributed by atoms with Crippen LogP contribution in [0.4, 0.5) is 4.79 Å². The molecule has 2 saturated heterocycles. The van der Waals surface area contributed by atoms with E-state index in [9.17, 15) is 22.8 Å². The minimum absolute atomic E-state index is 0.0219. The van der Waals surface area contributed by atoms with Gasteiger partial charge in [-0.1, -0.05) is 30.3 Å².